The highest BCUT2D eigenvalue weighted by Crippen LogP contribution is 2.32. The molecule has 0 saturated carbocycles. The van der Waals surface area contributed by atoms with E-state index >= 15 is 0 Å². The Bertz CT molecular complexity index is 388. The van der Waals surface area contributed by atoms with Crippen LogP contribution in [-0.2, 0) is 11.2 Å². The van der Waals surface area contributed by atoms with Crippen LogP contribution in [0.4, 0.5) is 0 Å². The highest BCUT2D eigenvalue weighted by atomic mass is 32.1. The molecule has 2 heterocycles. The molecule has 1 unspecified atom stereocenters. The van der Waals surface area contributed by atoms with Gasteiger partial charge in [-0.05, 0) is 36.8 Å². The molecule has 1 aromatic rings. The van der Waals surface area contributed by atoms with E-state index < -0.39 is 0 Å². The van der Waals surface area contributed by atoms with Crippen molar-refractivity contribution in [3.8, 4) is 0 Å². The Labute approximate surface area is 100 Å². The van der Waals surface area contributed by atoms with Crippen molar-refractivity contribution < 1.29 is 4.79 Å². The van der Waals surface area contributed by atoms with Crippen LogP contribution in [0.1, 0.15) is 36.8 Å². The summed E-state index contributed by atoms with van der Waals surface area (Å²) >= 11 is 1.79. The van der Waals surface area contributed by atoms with Crippen LogP contribution in [0, 0.1) is 0 Å². The number of rotatable bonds is 2. The Balaban J connectivity index is 2.18. The maximum Gasteiger partial charge on any atom is 0.239 e. The van der Waals surface area contributed by atoms with Crippen LogP contribution < -0.4 is 5.73 Å². The molecule has 2 N–H and O–H groups in total. The van der Waals surface area contributed by atoms with Gasteiger partial charge < -0.3 is 10.6 Å². The van der Waals surface area contributed by atoms with E-state index in [1.165, 1.54) is 10.4 Å². The van der Waals surface area contributed by atoms with Crippen molar-refractivity contribution in [1.82, 2.24) is 4.90 Å². The van der Waals surface area contributed by atoms with Crippen molar-refractivity contribution in [2.24, 2.45) is 5.73 Å². The molecule has 1 amide bonds. The quantitative estimate of drug-likeness (QED) is 0.855. The van der Waals surface area contributed by atoms with Crippen LogP contribution in [0.2, 0.25) is 0 Å². The second kappa shape index (κ2) is 4.55. The van der Waals surface area contributed by atoms with Gasteiger partial charge in [0.15, 0.2) is 0 Å². The third-order valence-electron chi connectivity index (χ3n) is 3.32. The van der Waals surface area contributed by atoms with E-state index in [0.717, 1.165) is 13.0 Å². The summed E-state index contributed by atoms with van der Waals surface area (Å²) in [6.45, 7) is 4.85. The summed E-state index contributed by atoms with van der Waals surface area (Å²) in [6.07, 6.45) is 1.68. The fraction of sp³-hybridized carbons (Fsp3) is 0.583. The van der Waals surface area contributed by atoms with Gasteiger partial charge in [-0.15, -0.1) is 11.3 Å². The van der Waals surface area contributed by atoms with Gasteiger partial charge in [0.05, 0.1) is 12.1 Å². The highest BCUT2D eigenvalue weighted by molar-refractivity contribution is 7.10. The number of nitrogens with two attached hydrogens (primary N) is 1. The van der Waals surface area contributed by atoms with Crippen LogP contribution in [0.3, 0.4) is 0 Å². The second-order valence-electron chi connectivity index (χ2n) is 4.27. The molecule has 1 aliphatic rings. The molecule has 2 rings (SSSR count). The Morgan fingerprint density at radius 2 is 2.50 bits per heavy atom. The fourth-order valence-corrected chi connectivity index (χ4v) is 3.16. The zero-order valence-electron chi connectivity index (χ0n) is 9.77. The lowest BCUT2D eigenvalue weighted by Crippen LogP contribution is -2.46. The summed E-state index contributed by atoms with van der Waals surface area (Å²) in [5, 5.41) is 2.11. The van der Waals surface area contributed by atoms with Gasteiger partial charge in [0.25, 0.3) is 0 Å². The minimum atomic E-state index is -0.345. The molecule has 0 aliphatic carbocycles. The molecule has 0 bridgehead atoms. The SMILES string of the molecule is CC[C@H](N)C(=O)N1CCc2sccc2C1C. The first-order valence-electron chi connectivity index (χ1n) is 5.77. The number of amides is 1. The fourth-order valence-electron chi connectivity index (χ4n) is 2.20. The molecule has 3 nitrogen and oxygen atoms in total. The number of fused-ring (bicyclic) bond motifs is 1. The molecule has 1 aromatic heterocycles. The highest BCUT2D eigenvalue weighted by Gasteiger charge is 2.30. The summed E-state index contributed by atoms with van der Waals surface area (Å²) in [5.41, 5.74) is 7.12. The van der Waals surface area contributed by atoms with Crippen molar-refractivity contribution in [1.29, 1.82) is 0 Å². The molecule has 0 fully saturated rings. The summed E-state index contributed by atoms with van der Waals surface area (Å²) in [4.78, 5) is 15.4. The van der Waals surface area contributed by atoms with Gasteiger partial charge in [-0.2, -0.15) is 0 Å². The Morgan fingerprint density at radius 1 is 1.75 bits per heavy atom. The van der Waals surface area contributed by atoms with Gasteiger partial charge in [0.1, 0.15) is 0 Å². The maximum atomic E-state index is 12.1. The molecule has 1 aliphatic heterocycles. The average Bonchev–Trinajstić information content (AvgIpc) is 2.76. The van der Waals surface area contributed by atoms with Crippen molar-refractivity contribution in [3.05, 3.63) is 21.9 Å². The number of nitrogens with zero attached hydrogens (tertiary/aromatic N) is 1. The van der Waals surface area contributed by atoms with Crippen molar-refractivity contribution >= 4 is 17.2 Å². The third kappa shape index (κ3) is 1.87. The number of thiophene rings is 1. The van der Waals surface area contributed by atoms with E-state index in [9.17, 15) is 4.79 Å². The second-order valence-corrected chi connectivity index (χ2v) is 5.27. The topological polar surface area (TPSA) is 46.3 Å². The zero-order valence-corrected chi connectivity index (χ0v) is 10.6. The molecule has 0 spiro atoms. The van der Waals surface area contributed by atoms with Gasteiger partial charge in [0.2, 0.25) is 5.91 Å². The first kappa shape index (κ1) is 11.6. The minimum absolute atomic E-state index is 0.0897. The monoisotopic (exact) mass is 238 g/mol. The van der Waals surface area contributed by atoms with Crippen LogP contribution in [0.5, 0.6) is 0 Å². The molecule has 16 heavy (non-hydrogen) atoms. The van der Waals surface area contributed by atoms with E-state index in [-0.39, 0.29) is 18.0 Å². The lowest BCUT2D eigenvalue weighted by atomic mass is 10.0. The lowest BCUT2D eigenvalue weighted by molar-refractivity contribution is -0.135. The van der Waals surface area contributed by atoms with Crippen LogP contribution >= 0.6 is 11.3 Å². The number of hydrogen-bond donors (Lipinski definition) is 1. The molecular weight excluding hydrogens is 220 g/mol. The van der Waals surface area contributed by atoms with Crippen molar-refractivity contribution in [3.63, 3.8) is 0 Å². The predicted octanol–water partition coefficient (Wildman–Crippen LogP) is 1.93. The first-order valence-corrected chi connectivity index (χ1v) is 6.65. The van der Waals surface area contributed by atoms with Gasteiger partial charge in [0, 0.05) is 11.4 Å². The van der Waals surface area contributed by atoms with Gasteiger partial charge in [-0.1, -0.05) is 6.92 Å². The largest absolute Gasteiger partial charge is 0.334 e. The molecule has 88 valence electrons. The standard InChI is InChI=1S/C12H18N2OS/c1-3-10(13)12(15)14-6-4-11-9(8(14)2)5-7-16-11/h5,7-8,10H,3-4,6,13H2,1-2H3/t8?,10-/m0/s1. The van der Waals surface area contributed by atoms with Gasteiger partial charge in [-0.3, -0.25) is 4.79 Å². The normalized spacial score (nSPS) is 21.7. The number of carbonyl (C=O) groups is 1. The van der Waals surface area contributed by atoms with Crippen LogP contribution in [0.25, 0.3) is 0 Å². The van der Waals surface area contributed by atoms with E-state index in [1.54, 1.807) is 11.3 Å². The molecular formula is C12H18N2OS. The summed E-state index contributed by atoms with van der Waals surface area (Å²) in [5.74, 6) is 0.0897. The van der Waals surface area contributed by atoms with E-state index in [0.29, 0.717) is 6.42 Å². The Hall–Kier alpha value is -0.870. The molecule has 4 heteroatoms. The lowest BCUT2D eigenvalue weighted by Gasteiger charge is -2.35. The number of carbonyl (C=O) groups excluding carboxylic acids is 1. The van der Waals surface area contributed by atoms with Gasteiger partial charge >= 0.3 is 0 Å². The van der Waals surface area contributed by atoms with Gasteiger partial charge in [-0.25, -0.2) is 0 Å². The molecule has 0 radical (unpaired) electrons. The van der Waals surface area contributed by atoms with E-state index in [1.807, 2.05) is 11.8 Å². The predicted molar refractivity (Wildman–Crippen MR) is 66.4 cm³/mol. The summed E-state index contributed by atoms with van der Waals surface area (Å²) in [6, 6.07) is 1.96. The van der Waals surface area contributed by atoms with Crippen molar-refractivity contribution in [2.45, 2.75) is 38.8 Å². The van der Waals surface area contributed by atoms with Crippen LogP contribution in [0.15, 0.2) is 11.4 Å². The van der Waals surface area contributed by atoms with E-state index in [2.05, 4.69) is 18.4 Å². The van der Waals surface area contributed by atoms with E-state index in [4.69, 9.17) is 5.73 Å². The molecule has 0 saturated heterocycles. The summed E-state index contributed by atoms with van der Waals surface area (Å²) in [7, 11) is 0. The molecule has 2 atom stereocenters. The Morgan fingerprint density at radius 3 is 3.19 bits per heavy atom. The Kier molecular flexibility index (Phi) is 3.30. The smallest absolute Gasteiger partial charge is 0.239 e. The zero-order chi connectivity index (χ0) is 11.7. The maximum absolute atomic E-state index is 12.1. The summed E-state index contributed by atoms with van der Waals surface area (Å²) < 4.78 is 0. The molecule has 0 aromatic carbocycles. The van der Waals surface area contributed by atoms with Crippen molar-refractivity contribution in [2.75, 3.05) is 6.54 Å². The average molecular weight is 238 g/mol. The first-order chi connectivity index (χ1) is 7.65. The minimum Gasteiger partial charge on any atom is -0.334 e. The van der Waals surface area contributed by atoms with Crippen LogP contribution in [-0.4, -0.2) is 23.4 Å². The number of hydrogen-bond acceptors (Lipinski definition) is 3. The third-order valence-corrected chi connectivity index (χ3v) is 4.31.